The molecule has 3 heteroatoms. The molecule has 1 aromatic carbocycles. The lowest BCUT2D eigenvalue weighted by molar-refractivity contribution is 0.303. The van der Waals surface area contributed by atoms with Crippen LogP contribution >= 0.6 is 11.6 Å². The van der Waals surface area contributed by atoms with E-state index in [1.807, 2.05) is 0 Å². The van der Waals surface area contributed by atoms with Gasteiger partial charge in [-0.05, 0) is 42.6 Å². The van der Waals surface area contributed by atoms with E-state index in [1.165, 1.54) is 11.1 Å². The van der Waals surface area contributed by atoms with Gasteiger partial charge in [0.2, 0.25) is 0 Å². The number of ether oxygens (including phenoxy) is 1. The van der Waals surface area contributed by atoms with E-state index < -0.39 is 0 Å². The molecule has 0 bridgehead atoms. The van der Waals surface area contributed by atoms with E-state index in [4.69, 9.17) is 16.3 Å². The first-order chi connectivity index (χ1) is 7.74. The molecule has 0 amide bonds. The summed E-state index contributed by atoms with van der Waals surface area (Å²) in [6.45, 7) is 5.60. The summed E-state index contributed by atoms with van der Waals surface area (Å²) in [4.78, 5) is 2.47. The van der Waals surface area contributed by atoms with E-state index in [0.29, 0.717) is 0 Å². The molecular formula is C13H18ClNO. The molecule has 2 nitrogen and oxygen atoms in total. The first-order valence-corrected chi connectivity index (χ1v) is 6.20. The lowest BCUT2D eigenvalue weighted by Crippen LogP contribution is -2.25. The van der Waals surface area contributed by atoms with Crippen LogP contribution in [0.4, 0.5) is 0 Å². The third kappa shape index (κ3) is 2.33. The number of likely N-dealkylation sites (N-methyl/N-ethyl adjacent to an activating group) is 1. The minimum atomic E-state index is 0.728. The molecule has 0 saturated heterocycles. The standard InChI is InChI=1S/C13H18ClNO/c1-3-15-6-4-10-8-12(14)13(16-2)9-11(10)5-7-15/h8-9H,3-7H2,1-2H3. The Morgan fingerprint density at radius 1 is 1.25 bits per heavy atom. The highest BCUT2D eigenvalue weighted by atomic mass is 35.5. The molecule has 88 valence electrons. The lowest BCUT2D eigenvalue weighted by Gasteiger charge is -2.16. The molecule has 1 aliphatic heterocycles. The predicted octanol–water partition coefficient (Wildman–Crippen LogP) is 2.77. The molecule has 1 heterocycles. The van der Waals surface area contributed by atoms with Gasteiger partial charge in [-0.15, -0.1) is 0 Å². The van der Waals surface area contributed by atoms with Crippen LogP contribution in [0.3, 0.4) is 0 Å². The van der Waals surface area contributed by atoms with Crippen LogP contribution < -0.4 is 4.74 Å². The Balaban J connectivity index is 2.28. The zero-order valence-corrected chi connectivity index (χ0v) is 10.7. The largest absolute Gasteiger partial charge is 0.495 e. The van der Waals surface area contributed by atoms with Gasteiger partial charge in [0.05, 0.1) is 12.1 Å². The van der Waals surface area contributed by atoms with Gasteiger partial charge in [0, 0.05) is 13.1 Å². The summed E-state index contributed by atoms with van der Waals surface area (Å²) in [6, 6.07) is 4.16. The highest BCUT2D eigenvalue weighted by Gasteiger charge is 2.15. The van der Waals surface area contributed by atoms with E-state index in [1.54, 1.807) is 7.11 Å². The molecule has 0 saturated carbocycles. The number of fused-ring (bicyclic) bond motifs is 1. The van der Waals surface area contributed by atoms with Crippen LogP contribution in [0, 0.1) is 0 Å². The minimum Gasteiger partial charge on any atom is -0.495 e. The fourth-order valence-corrected chi connectivity index (χ4v) is 2.51. The number of methoxy groups -OCH3 is 1. The summed E-state index contributed by atoms with van der Waals surface area (Å²) < 4.78 is 5.26. The van der Waals surface area contributed by atoms with Crippen LogP contribution in [0.1, 0.15) is 18.1 Å². The van der Waals surface area contributed by atoms with Crippen LogP contribution in [0.25, 0.3) is 0 Å². The van der Waals surface area contributed by atoms with Gasteiger partial charge in [-0.1, -0.05) is 18.5 Å². The van der Waals surface area contributed by atoms with Gasteiger partial charge in [0.1, 0.15) is 5.75 Å². The predicted molar refractivity (Wildman–Crippen MR) is 67.5 cm³/mol. The molecule has 0 radical (unpaired) electrons. The monoisotopic (exact) mass is 239 g/mol. The summed E-state index contributed by atoms with van der Waals surface area (Å²) in [5.74, 6) is 0.797. The van der Waals surface area contributed by atoms with Gasteiger partial charge in [0.25, 0.3) is 0 Å². The van der Waals surface area contributed by atoms with Crippen LogP contribution in [0.5, 0.6) is 5.75 Å². The summed E-state index contributed by atoms with van der Waals surface area (Å²) in [5.41, 5.74) is 2.76. The van der Waals surface area contributed by atoms with E-state index in [9.17, 15) is 0 Å². The Morgan fingerprint density at radius 2 is 1.88 bits per heavy atom. The van der Waals surface area contributed by atoms with E-state index >= 15 is 0 Å². The van der Waals surface area contributed by atoms with Gasteiger partial charge in [0.15, 0.2) is 0 Å². The Morgan fingerprint density at radius 3 is 2.44 bits per heavy atom. The highest BCUT2D eigenvalue weighted by molar-refractivity contribution is 6.32. The number of halogens is 1. The summed E-state index contributed by atoms with van der Waals surface area (Å²) in [7, 11) is 1.67. The smallest absolute Gasteiger partial charge is 0.137 e. The van der Waals surface area contributed by atoms with E-state index in [-0.39, 0.29) is 0 Å². The van der Waals surface area contributed by atoms with Crippen molar-refractivity contribution < 1.29 is 4.74 Å². The van der Waals surface area contributed by atoms with Crippen molar-refractivity contribution in [2.75, 3.05) is 26.7 Å². The Bertz CT molecular complexity index is 378. The van der Waals surface area contributed by atoms with Crippen molar-refractivity contribution in [2.45, 2.75) is 19.8 Å². The normalized spacial score (nSPS) is 16.7. The Hall–Kier alpha value is -0.730. The molecule has 1 aromatic rings. The second-order valence-electron chi connectivity index (χ2n) is 4.19. The van der Waals surface area contributed by atoms with Crippen LogP contribution in [-0.4, -0.2) is 31.6 Å². The minimum absolute atomic E-state index is 0.728. The molecule has 0 N–H and O–H groups in total. The van der Waals surface area contributed by atoms with Crippen LogP contribution in [-0.2, 0) is 12.8 Å². The highest BCUT2D eigenvalue weighted by Crippen LogP contribution is 2.29. The number of hydrogen-bond acceptors (Lipinski definition) is 2. The quantitative estimate of drug-likeness (QED) is 0.787. The zero-order valence-electron chi connectivity index (χ0n) is 9.92. The molecule has 0 aromatic heterocycles. The van der Waals surface area contributed by atoms with Crippen molar-refractivity contribution in [3.05, 3.63) is 28.3 Å². The Kier molecular flexibility index (Phi) is 3.72. The third-order valence-electron chi connectivity index (χ3n) is 3.32. The molecule has 0 atom stereocenters. The fourth-order valence-electron chi connectivity index (χ4n) is 2.24. The molecule has 0 unspecified atom stereocenters. The lowest BCUT2D eigenvalue weighted by atomic mass is 10.0. The van der Waals surface area contributed by atoms with Crippen LogP contribution in [0.15, 0.2) is 12.1 Å². The SMILES string of the molecule is CCN1CCc2cc(Cl)c(OC)cc2CC1. The summed E-state index contributed by atoms with van der Waals surface area (Å²) >= 11 is 6.15. The summed E-state index contributed by atoms with van der Waals surface area (Å²) in [6.07, 6.45) is 2.18. The molecule has 2 rings (SSSR count). The average molecular weight is 240 g/mol. The van der Waals surface area contributed by atoms with Crippen molar-refractivity contribution in [3.8, 4) is 5.75 Å². The van der Waals surface area contributed by atoms with Gasteiger partial charge >= 0.3 is 0 Å². The number of hydrogen-bond donors (Lipinski definition) is 0. The van der Waals surface area contributed by atoms with Crippen molar-refractivity contribution in [1.82, 2.24) is 4.90 Å². The maximum atomic E-state index is 6.15. The van der Waals surface area contributed by atoms with Gasteiger partial charge in [-0.2, -0.15) is 0 Å². The van der Waals surface area contributed by atoms with Gasteiger partial charge in [-0.3, -0.25) is 0 Å². The fraction of sp³-hybridized carbons (Fsp3) is 0.538. The Labute approximate surface area is 102 Å². The number of rotatable bonds is 2. The van der Waals surface area contributed by atoms with E-state index in [0.717, 1.165) is 43.2 Å². The molecule has 16 heavy (non-hydrogen) atoms. The first-order valence-electron chi connectivity index (χ1n) is 5.82. The number of benzene rings is 1. The molecule has 1 aliphatic rings. The van der Waals surface area contributed by atoms with Crippen molar-refractivity contribution in [2.24, 2.45) is 0 Å². The maximum absolute atomic E-state index is 6.15. The summed E-state index contributed by atoms with van der Waals surface area (Å²) in [5, 5.41) is 0.728. The van der Waals surface area contributed by atoms with Crippen molar-refractivity contribution in [3.63, 3.8) is 0 Å². The second-order valence-corrected chi connectivity index (χ2v) is 4.60. The number of nitrogens with zero attached hydrogens (tertiary/aromatic N) is 1. The maximum Gasteiger partial charge on any atom is 0.137 e. The van der Waals surface area contributed by atoms with Gasteiger partial charge < -0.3 is 9.64 Å². The third-order valence-corrected chi connectivity index (χ3v) is 3.61. The van der Waals surface area contributed by atoms with Crippen molar-refractivity contribution in [1.29, 1.82) is 0 Å². The first kappa shape index (κ1) is 11.7. The zero-order chi connectivity index (χ0) is 11.5. The molecule has 0 spiro atoms. The van der Waals surface area contributed by atoms with Gasteiger partial charge in [-0.25, -0.2) is 0 Å². The van der Waals surface area contributed by atoms with E-state index in [2.05, 4.69) is 24.0 Å². The average Bonchev–Trinajstić information content (AvgIpc) is 2.49. The second kappa shape index (κ2) is 5.07. The molecule has 0 fully saturated rings. The van der Waals surface area contributed by atoms with Crippen LogP contribution in [0.2, 0.25) is 5.02 Å². The molecular weight excluding hydrogens is 222 g/mol. The van der Waals surface area contributed by atoms with Crippen molar-refractivity contribution >= 4 is 11.6 Å². The molecule has 0 aliphatic carbocycles. The topological polar surface area (TPSA) is 12.5 Å².